The fraction of sp³-hybridized carbons (Fsp3) is 0.300. The fourth-order valence-electron chi connectivity index (χ4n) is 3.62. The van der Waals surface area contributed by atoms with Gasteiger partial charge in [-0.3, -0.25) is 9.67 Å². The first-order valence-corrected chi connectivity index (χ1v) is 11.1. The molecule has 6 nitrogen and oxygen atoms in total. The van der Waals surface area contributed by atoms with Crippen LogP contribution in [0.5, 0.6) is 0 Å². The summed E-state index contributed by atoms with van der Waals surface area (Å²) >= 11 is 5.44. The van der Waals surface area contributed by atoms with Gasteiger partial charge in [0.1, 0.15) is 5.82 Å². The average Bonchev–Trinajstić information content (AvgIpc) is 3.11. The number of nitrogens with zero attached hydrogens (tertiary/aromatic N) is 3. The Hall–Kier alpha value is -2.29. The Bertz CT molecular complexity index is 1110. The molecule has 4 rings (SSSR count). The molecule has 1 saturated heterocycles. The van der Waals surface area contributed by atoms with Gasteiger partial charge in [0.2, 0.25) is 10.0 Å². The third-order valence-electron chi connectivity index (χ3n) is 5.19. The van der Waals surface area contributed by atoms with Crippen LogP contribution >= 0.6 is 12.2 Å². The molecule has 0 amide bonds. The van der Waals surface area contributed by atoms with Crippen molar-refractivity contribution >= 4 is 22.2 Å². The van der Waals surface area contributed by atoms with Crippen molar-refractivity contribution in [2.75, 3.05) is 13.1 Å². The number of nitrogens with one attached hydrogen (secondary N) is 1. The van der Waals surface area contributed by atoms with Gasteiger partial charge in [0.05, 0.1) is 4.90 Å². The highest BCUT2D eigenvalue weighted by Crippen LogP contribution is 2.31. The molecule has 146 valence electrons. The lowest BCUT2D eigenvalue weighted by molar-refractivity contribution is 0.312. The van der Waals surface area contributed by atoms with Crippen LogP contribution in [0.4, 0.5) is 0 Å². The van der Waals surface area contributed by atoms with E-state index in [1.165, 1.54) is 5.56 Å². The fourth-order valence-corrected chi connectivity index (χ4v) is 5.36. The average molecular weight is 415 g/mol. The van der Waals surface area contributed by atoms with Crippen molar-refractivity contribution in [3.8, 4) is 5.69 Å². The van der Waals surface area contributed by atoms with E-state index in [0.717, 1.165) is 11.5 Å². The highest BCUT2D eigenvalue weighted by atomic mass is 32.2. The van der Waals surface area contributed by atoms with E-state index in [1.54, 1.807) is 28.6 Å². The minimum absolute atomic E-state index is 0.150. The SMILES string of the molecule is Cc1ccc(-n2c(C3CCN(S(=O)(=O)c4ccccc4)CC3)n[nH]c2=S)cc1. The maximum atomic E-state index is 12.8. The van der Waals surface area contributed by atoms with Gasteiger partial charge in [-0.2, -0.15) is 9.40 Å². The predicted octanol–water partition coefficient (Wildman–Crippen LogP) is 3.81. The van der Waals surface area contributed by atoms with Crippen LogP contribution in [0, 0.1) is 11.7 Å². The van der Waals surface area contributed by atoms with Gasteiger partial charge >= 0.3 is 0 Å². The summed E-state index contributed by atoms with van der Waals surface area (Å²) in [4.78, 5) is 0.343. The minimum atomic E-state index is -3.45. The van der Waals surface area contributed by atoms with Crippen molar-refractivity contribution in [2.45, 2.75) is 30.6 Å². The van der Waals surface area contributed by atoms with E-state index in [0.29, 0.717) is 35.6 Å². The number of hydrogen-bond acceptors (Lipinski definition) is 4. The maximum absolute atomic E-state index is 12.8. The molecule has 1 fully saturated rings. The number of sulfonamides is 1. The van der Waals surface area contributed by atoms with Crippen molar-refractivity contribution in [1.82, 2.24) is 19.1 Å². The predicted molar refractivity (Wildman–Crippen MR) is 111 cm³/mol. The third-order valence-corrected chi connectivity index (χ3v) is 7.38. The van der Waals surface area contributed by atoms with Crippen molar-refractivity contribution in [3.63, 3.8) is 0 Å². The van der Waals surface area contributed by atoms with Crippen molar-refractivity contribution in [1.29, 1.82) is 0 Å². The van der Waals surface area contributed by atoms with E-state index in [-0.39, 0.29) is 5.92 Å². The molecular formula is C20H22N4O2S2. The normalized spacial score (nSPS) is 16.3. The Labute approximate surface area is 169 Å². The number of benzene rings is 2. The third kappa shape index (κ3) is 3.55. The molecule has 0 spiro atoms. The molecular weight excluding hydrogens is 392 g/mol. The van der Waals surface area contributed by atoms with E-state index in [4.69, 9.17) is 12.2 Å². The van der Waals surface area contributed by atoms with Crippen LogP contribution in [-0.2, 0) is 10.0 Å². The first-order chi connectivity index (χ1) is 13.5. The first kappa shape index (κ1) is 19.0. The molecule has 0 atom stereocenters. The molecule has 0 radical (unpaired) electrons. The van der Waals surface area contributed by atoms with E-state index < -0.39 is 10.0 Å². The number of rotatable bonds is 4. The number of H-pyrrole nitrogens is 1. The molecule has 3 aromatic rings. The zero-order valence-corrected chi connectivity index (χ0v) is 17.2. The molecule has 0 bridgehead atoms. The standard InChI is InChI=1S/C20H22N4O2S2/c1-15-7-9-17(10-8-15)24-19(21-22-20(24)27)16-11-13-23(14-12-16)28(25,26)18-5-3-2-4-6-18/h2-10,16H,11-14H2,1H3,(H,22,27). The highest BCUT2D eigenvalue weighted by molar-refractivity contribution is 7.89. The smallest absolute Gasteiger partial charge is 0.243 e. The van der Waals surface area contributed by atoms with Gasteiger partial charge in [-0.1, -0.05) is 35.9 Å². The second-order valence-electron chi connectivity index (χ2n) is 7.05. The number of aromatic nitrogens is 3. The largest absolute Gasteiger partial charge is 0.272 e. The van der Waals surface area contributed by atoms with Crippen LogP contribution < -0.4 is 0 Å². The lowest BCUT2D eigenvalue weighted by atomic mass is 9.97. The maximum Gasteiger partial charge on any atom is 0.243 e. The number of hydrogen-bond donors (Lipinski definition) is 1. The summed E-state index contributed by atoms with van der Waals surface area (Å²) in [5.74, 6) is 1.02. The molecule has 0 aliphatic carbocycles. The summed E-state index contributed by atoms with van der Waals surface area (Å²) < 4.78 is 29.8. The lowest BCUT2D eigenvalue weighted by Gasteiger charge is -2.30. The molecule has 1 aliphatic heterocycles. The summed E-state index contributed by atoms with van der Waals surface area (Å²) in [5, 5.41) is 7.36. The molecule has 28 heavy (non-hydrogen) atoms. The van der Waals surface area contributed by atoms with E-state index in [9.17, 15) is 8.42 Å². The van der Waals surface area contributed by atoms with Crippen LogP contribution in [-0.4, -0.2) is 40.6 Å². The molecule has 2 aromatic carbocycles. The monoisotopic (exact) mass is 414 g/mol. The summed E-state index contributed by atoms with van der Waals surface area (Å²) in [5.41, 5.74) is 2.15. The van der Waals surface area contributed by atoms with Crippen molar-refractivity contribution < 1.29 is 8.42 Å². The molecule has 2 heterocycles. The zero-order valence-electron chi connectivity index (χ0n) is 15.6. The Morgan fingerprint density at radius 3 is 2.32 bits per heavy atom. The second kappa shape index (κ2) is 7.62. The van der Waals surface area contributed by atoms with Crippen molar-refractivity contribution in [2.24, 2.45) is 0 Å². The Balaban J connectivity index is 1.55. The van der Waals surface area contributed by atoms with Crippen LogP contribution in [0.3, 0.4) is 0 Å². The van der Waals surface area contributed by atoms with Crippen LogP contribution in [0.25, 0.3) is 5.69 Å². The first-order valence-electron chi connectivity index (χ1n) is 9.26. The molecule has 1 aliphatic rings. The van der Waals surface area contributed by atoms with Gasteiger partial charge < -0.3 is 0 Å². The molecule has 1 aromatic heterocycles. The van der Waals surface area contributed by atoms with Gasteiger partial charge in [-0.15, -0.1) is 0 Å². The molecule has 8 heteroatoms. The van der Waals surface area contributed by atoms with Crippen molar-refractivity contribution in [3.05, 3.63) is 70.8 Å². The summed E-state index contributed by atoms with van der Waals surface area (Å²) in [6.07, 6.45) is 1.41. The molecule has 0 unspecified atom stereocenters. The quantitative estimate of drug-likeness (QED) is 0.659. The van der Waals surface area contributed by atoms with Gasteiger partial charge in [-0.05, 0) is 56.2 Å². The minimum Gasteiger partial charge on any atom is -0.272 e. The number of aryl methyl sites for hydroxylation is 1. The topological polar surface area (TPSA) is 71.0 Å². The number of piperidine rings is 1. The summed E-state index contributed by atoms with van der Waals surface area (Å²) in [6, 6.07) is 16.7. The molecule has 1 N–H and O–H groups in total. The zero-order chi connectivity index (χ0) is 19.7. The number of aromatic amines is 1. The Morgan fingerprint density at radius 2 is 1.68 bits per heavy atom. The van der Waals surface area contributed by atoms with Gasteiger partial charge in [0, 0.05) is 24.7 Å². The lowest BCUT2D eigenvalue weighted by Crippen LogP contribution is -2.38. The van der Waals surface area contributed by atoms with Gasteiger partial charge in [0.25, 0.3) is 0 Å². The van der Waals surface area contributed by atoms with Crippen LogP contribution in [0.15, 0.2) is 59.5 Å². The van der Waals surface area contributed by atoms with E-state index in [1.807, 2.05) is 41.8 Å². The van der Waals surface area contributed by atoms with Gasteiger partial charge in [-0.25, -0.2) is 8.42 Å². The van der Waals surface area contributed by atoms with Crippen LogP contribution in [0.2, 0.25) is 0 Å². The van der Waals surface area contributed by atoms with E-state index >= 15 is 0 Å². The Kier molecular flexibility index (Phi) is 5.18. The Morgan fingerprint density at radius 1 is 1.04 bits per heavy atom. The highest BCUT2D eigenvalue weighted by Gasteiger charge is 2.32. The molecule has 0 saturated carbocycles. The summed E-state index contributed by atoms with van der Waals surface area (Å²) in [7, 11) is -3.45. The van der Waals surface area contributed by atoms with E-state index in [2.05, 4.69) is 10.2 Å². The van der Waals surface area contributed by atoms with Gasteiger partial charge in [0.15, 0.2) is 4.77 Å². The second-order valence-corrected chi connectivity index (χ2v) is 9.37. The summed E-state index contributed by atoms with van der Waals surface area (Å²) in [6.45, 7) is 2.98. The van der Waals surface area contributed by atoms with Crippen LogP contribution in [0.1, 0.15) is 30.1 Å².